The number of aliphatic hydroxyl groups is 1. The SMILES string of the molecule is O=C(c1cncn1-c1ccccc1)N1CCC(CO)CC1. The zero-order chi connectivity index (χ0) is 14.7. The maximum atomic E-state index is 12.7. The van der Waals surface area contributed by atoms with Gasteiger partial charge in [0.1, 0.15) is 5.69 Å². The quantitative estimate of drug-likeness (QED) is 0.934. The number of aromatic nitrogens is 2. The molecule has 0 saturated carbocycles. The molecule has 1 aliphatic rings. The van der Waals surface area contributed by atoms with E-state index in [0.29, 0.717) is 24.7 Å². The topological polar surface area (TPSA) is 58.4 Å². The first-order chi connectivity index (χ1) is 10.3. The summed E-state index contributed by atoms with van der Waals surface area (Å²) in [5.41, 5.74) is 1.52. The molecule has 1 N–H and O–H groups in total. The van der Waals surface area contributed by atoms with Crippen molar-refractivity contribution in [3.8, 4) is 5.69 Å². The summed E-state index contributed by atoms with van der Waals surface area (Å²) in [7, 11) is 0. The molecule has 110 valence electrons. The van der Waals surface area contributed by atoms with E-state index in [2.05, 4.69) is 4.98 Å². The van der Waals surface area contributed by atoms with Crippen molar-refractivity contribution in [1.82, 2.24) is 14.5 Å². The monoisotopic (exact) mass is 285 g/mol. The summed E-state index contributed by atoms with van der Waals surface area (Å²) in [6.07, 6.45) is 5.01. The van der Waals surface area contributed by atoms with E-state index >= 15 is 0 Å². The lowest BCUT2D eigenvalue weighted by Crippen LogP contribution is -2.39. The van der Waals surface area contributed by atoms with E-state index in [1.165, 1.54) is 0 Å². The van der Waals surface area contributed by atoms with Crippen molar-refractivity contribution in [2.45, 2.75) is 12.8 Å². The smallest absolute Gasteiger partial charge is 0.272 e. The fourth-order valence-corrected chi connectivity index (χ4v) is 2.73. The Morgan fingerprint density at radius 2 is 1.95 bits per heavy atom. The second kappa shape index (κ2) is 6.10. The van der Waals surface area contributed by atoms with Crippen LogP contribution < -0.4 is 0 Å². The number of benzene rings is 1. The third kappa shape index (κ3) is 2.83. The fraction of sp³-hybridized carbons (Fsp3) is 0.375. The van der Waals surface area contributed by atoms with E-state index in [-0.39, 0.29) is 12.5 Å². The van der Waals surface area contributed by atoms with Gasteiger partial charge < -0.3 is 10.0 Å². The number of piperidine rings is 1. The zero-order valence-corrected chi connectivity index (χ0v) is 11.9. The number of likely N-dealkylation sites (tertiary alicyclic amines) is 1. The van der Waals surface area contributed by atoms with E-state index < -0.39 is 0 Å². The van der Waals surface area contributed by atoms with Gasteiger partial charge in [-0.05, 0) is 30.9 Å². The molecule has 5 nitrogen and oxygen atoms in total. The Hall–Kier alpha value is -2.14. The van der Waals surface area contributed by atoms with Crippen molar-refractivity contribution in [1.29, 1.82) is 0 Å². The molecule has 21 heavy (non-hydrogen) atoms. The summed E-state index contributed by atoms with van der Waals surface area (Å²) >= 11 is 0. The molecule has 1 aromatic heterocycles. The normalized spacial score (nSPS) is 16.1. The van der Waals surface area contributed by atoms with Gasteiger partial charge in [-0.25, -0.2) is 4.98 Å². The molecule has 0 radical (unpaired) electrons. The van der Waals surface area contributed by atoms with Crippen LogP contribution in [0.25, 0.3) is 5.69 Å². The van der Waals surface area contributed by atoms with Crippen LogP contribution in [0.4, 0.5) is 0 Å². The number of hydrogen-bond acceptors (Lipinski definition) is 3. The van der Waals surface area contributed by atoms with Gasteiger partial charge in [0.15, 0.2) is 0 Å². The highest BCUT2D eigenvalue weighted by atomic mass is 16.3. The molecule has 5 heteroatoms. The van der Waals surface area contributed by atoms with Crippen molar-refractivity contribution in [2.24, 2.45) is 5.92 Å². The first kappa shape index (κ1) is 13.8. The summed E-state index contributed by atoms with van der Waals surface area (Å²) in [6.45, 7) is 1.61. The van der Waals surface area contributed by atoms with E-state index in [1.807, 2.05) is 39.8 Å². The van der Waals surface area contributed by atoms with Crippen LogP contribution in [0, 0.1) is 5.92 Å². The predicted molar refractivity (Wildman–Crippen MR) is 79.3 cm³/mol. The number of nitrogens with zero attached hydrogens (tertiary/aromatic N) is 3. The predicted octanol–water partition coefficient (Wildman–Crippen LogP) is 1.72. The van der Waals surface area contributed by atoms with Crippen molar-refractivity contribution >= 4 is 5.91 Å². The van der Waals surface area contributed by atoms with Crippen LogP contribution in [0.3, 0.4) is 0 Å². The van der Waals surface area contributed by atoms with Gasteiger partial charge in [0.05, 0.1) is 12.5 Å². The summed E-state index contributed by atoms with van der Waals surface area (Å²) in [4.78, 5) is 18.6. The van der Waals surface area contributed by atoms with Crippen LogP contribution in [-0.4, -0.2) is 45.2 Å². The van der Waals surface area contributed by atoms with E-state index in [1.54, 1.807) is 12.5 Å². The van der Waals surface area contributed by atoms with Crippen LogP contribution in [0.2, 0.25) is 0 Å². The first-order valence-corrected chi connectivity index (χ1v) is 7.27. The molecule has 3 rings (SSSR count). The van der Waals surface area contributed by atoms with E-state index in [0.717, 1.165) is 18.5 Å². The second-order valence-electron chi connectivity index (χ2n) is 5.40. The lowest BCUT2D eigenvalue weighted by molar-refractivity contribution is 0.0643. The lowest BCUT2D eigenvalue weighted by atomic mass is 9.98. The molecule has 1 fully saturated rings. The molecule has 0 bridgehead atoms. The van der Waals surface area contributed by atoms with E-state index in [4.69, 9.17) is 0 Å². The Morgan fingerprint density at radius 1 is 1.24 bits per heavy atom. The Morgan fingerprint density at radius 3 is 2.62 bits per heavy atom. The summed E-state index contributed by atoms with van der Waals surface area (Å²) in [5.74, 6) is 0.334. The standard InChI is InChI=1S/C16H19N3O2/c20-11-13-6-8-18(9-7-13)16(21)15-10-17-12-19(15)14-4-2-1-3-5-14/h1-5,10,12-13,20H,6-9,11H2. The molecular weight excluding hydrogens is 266 g/mol. The number of carbonyl (C=O) groups is 1. The number of hydrogen-bond donors (Lipinski definition) is 1. The van der Waals surface area contributed by atoms with Crippen LogP contribution >= 0.6 is 0 Å². The molecular formula is C16H19N3O2. The third-order valence-electron chi connectivity index (χ3n) is 4.05. The minimum atomic E-state index is 0.00717. The molecule has 1 amide bonds. The Kier molecular flexibility index (Phi) is 4.01. The number of rotatable bonds is 3. The van der Waals surface area contributed by atoms with Crippen molar-refractivity contribution < 1.29 is 9.90 Å². The van der Waals surface area contributed by atoms with Gasteiger partial charge in [-0.3, -0.25) is 9.36 Å². The molecule has 0 unspecified atom stereocenters. The summed E-state index contributed by atoms with van der Waals surface area (Å²) in [5, 5.41) is 9.18. The maximum Gasteiger partial charge on any atom is 0.272 e. The zero-order valence-electron chi connectivity index (χ0n) is 11.9. The number of aliphatic hydroxyl groups excluding tert-OH is 1. The van der Waals surface area contributed by atoms with Crippen LogP contribution in [0.5, 0.6) is 0 Å². The van der Waals surface area contributed by atoms with Crippen molar-refractivity contribution in [2.75, 3.05) is 19.7 Å². The highest BCUT2D eigenvalue weighted by Crippen LogP contribution is 2.19. The van der Waals surface area contributed by atoms with Crippen LogP contribution in [0.15, 0.2) is 42.9 Å². The summed E-state index contributed by atoms with van der Waals surface area (Å²) in [6, 6.07) is 9.74. The molecule has 1 saturated heterocycles. The first-order valence-electron chi connectivity index (χ1n) is 7.27. The van der Waals surface area contributed by atoms with Crippen molar-refractivity contribution in [3.63, 3.8) is 0 Å². The Balaban J connectivity index is 1.79. The highest BCUT2D eigenvalue weighted by molar-refractivity contribution is 5.93. The maximum absolute atomic E-state index is 12.7. The minimum absolute atomic E-state index is 0.00717. The van der Waals surface area contributed by atoms with Gasteiger partial charge >= 0.3 is 0 Å². The molecule has 0 atom stereocenters. The number of amides is 1. The Bertz CT molecular complexity index is 601. The summed E-state index contributed by atoms with van der Waals surface area (Å²) < 4.78 is 1.82. The van der Waals surface area contributed by atoms with Gasteiger partial charge in [0.2, 0.25) is 0 Å². The number of carbonyl (C=O) groups excluding carboxylic acids is 1. The molecule has 2 aromatic rings. The fourth-order valence-electron chi connectivity index (χ4n) is 2.73. The third-order valence-corrected chi connectivity index (χ3v) is 4.05. The van der Waals surface area contributed by atoms with Gasteiger partial charge in [0.25, 0.3) is 5.91 Å². The molecule has 2 heterocycles. The average molecular weight is 285 g/mol. The average Bonchev–Trinajstić information content (AvgIpc) is 3.04. The van der Waals surface area contributed by atoms with Crippen LogP contribution in [0.1, 0.15) is 23.3 Å². The van der Waals surface area contributed by atoms with Gasteiger partial charge in [0, 0.05) is 25.4 Å². The Labute approximate surface area is 123 Å². The molecule has 1 aromatic carbocycles. The highest BCUT2D eigenvalue weighted by Gasteiger charge is 2.25. The number of para-hydroxylation sites is 1. The van der Waals surface area contributed by atoms with Crippen LogP contribution in [-0.2, 0) is 0 Å². The molecule has 1 aliphatic heterocycles. The van der Waals surface area contributed by atoms with Gasteiger partial charge in [-0.1, -0.05) is 18.2 Å². The number of imidazole rings is 1. The van der Waals surface area contributed by atoms with Gasteiger partial charge in [-0.2, -0.15) is 0 Å². The second-order valence-corrected chi connectivity index (χ2v) is 5.40. The van der Waals surface area contributed by atoms with E-state index in [9.17, 15) is 9.90 Å². The largest absolute Gasteiger partial charge is 0.396 e. The molecule has 0 spiro atoms. The minimum Gasteiger partial charge on any atom is -0.396 e. The van der Waals surface area contributed by atoms with Crippen molar-refractivity contribution in [3.05, 3.63) is 48.5 Å². The lowest BCUT2D eigenvalue weighted by Gasteiger charge is -2.31. The molecule has 0 aliphatic carbocycles. The van der Waals surface area contributed by atoms with Gasteiger partial charge in [-0.15, -0.1) is 0 Å².